The summed E-state index contributed by atoms with van der Waals surface area (Å²) >= 11 is 6.26. The molecule has 2 aromatic rings. The van der Waals surface area contributed by atoms with Crippen LogP contribution in [0.4, 0.5) is 0 Å². The second kappa shape index (κ2) is 7.61. The normalized spacial score (nSPS) is 19.9. The van der Waals surface area contributed by atoms with Crippen LogP contribution in [0.3, 0.4) is 0 Å². The van der Waals surface area contributed by atoms with Gasteiger partial charge >= 0.3 is 5.97 Å². The summed E-state index contributed by atoms with van der Waals surface area (Å²) in [6.45, 7) is 3.82. The molecule has 0 amide bonds. The lowest BCUT2D eigenvalue weighted by Crippen LogP contribution is -2.32. The monoisotopic (exact) mass is 425 g/mol. The van der Waals surface area contributed by atoms with Gasteiger partial charge in [0.2, 0.25) is 0 Å². The first-order valence-corrected chi connectivity index (χ1v) is 9.93. The van der Waals surface area contributed by atoms with Crippen molar-refractivity contribution in [3.63, 3.8) is 0 Å². The fourth-order valence-corrected chi connectivity index (χ4v) is 4.45. The Morgan fingerprint density at radius 2 is 1.90 bits per heavy atom. The van der Waals surface area contributed by atoms with Gasteiger partial charge in [-0.1, -0.05) is 35.9 Å². The van der Waals surface area contributed by atoms with Gasteiger partial charge in [-0.2, -0.15) is 0 Å². The predicted molar refractivity (Wildman–Crippen MR) is 113 cm³/mol. The largest absolute Gasteiger partial charge is 0.503 e. The molecule has 154 valence electrons. The van der Waals surface area contributed by atoms with Crippen molar-refractivity contribution in [1.29, 1.82) is 0 Å². The van der Waals surface area contributed by atoms with E-state index in [4.69, 9.17) is 21.1 Å². The van der Waals surface area contributed by atoms with Crippen molar-refractivity contribution >= 4 is 29.1 Å². The van der Waals surface area contributed by atoms with E-state index >= 15 is 0 Å². The number of ether oxygens (including phenoxy) is 2. The number of methoxy groups -OCH3 is 1. The molecule has 0 saturated heterocycles. The minimum atomic E-state index is -0.699. The molecule has 30 heavy (non-hydrogen) atoms. The number of phenolic OH excluding ortho intramolecular Hbond substituents is 1. The number of allylic oxidation sites excluding steroid dienone is 1. The van der Waals surface area contributed by atoms with Gasteiger partial charge in [-0.25, -0.2) is 4.79 Å². The molecule has 0 spiro atoms. The lowest BCUT2D eigenvalue weighted by atomic mass is 9.75. The molecule has 1 aliphatic heterocycles. The minimum Gasteiger partial charge on any atom is -0.503 e. The lowest BCUT2D eigenvalue weighted by Gasteiger charge is -2.30. The molecule has 2 atom stereocenters. The number of esters is 1. The minimum absolute atomic E-state index is 0.0739. The van der Waals surface area contributed by atoms with Gasteiger partial charge in [0.15, 0.2) is 17.3 Å². The standard InChI is InChI=1S/C23H20ClNO5/c1-4-30-16-10-12(9-15(24)22(16)27)18-17(23(28)29-3)11(2)25-20-13-7-5-6-8-14(13)21(26)19(18)20/h5-10,18-19,27H,4H2,1-3H3/t18-,19?/m0/s1. The van der Waals surface area contributed by atoms with Crippen molar-refractivity contribution < 1.29 is 24.2 Å². The maximum Gasteiger partial charge on any atom is 0.336 e. The third kappa shape index (κ3) is 2.99. The summed E-state index contributed by atoms with van der Waals surface area (Å²) in [7, 11) is 1.29. The number of aliphatic imine (C=N–C) groups is 1. The number of carbonyl (C=O) groups is 2. The molecular weight excluding hydrogens is 406 g/mol. The van der Waals surface area contributed by atoms with Crippen LogP contribution in [0.25, 0.3) is 0 Å². The summed E-state index contributed by atoms with van der Waals surface area (Å²) in [5.41, 5.74) is 3.28. The zero-order chi connectivity index (χ0) is 21.6. The van der Waals surface area contributed by atoms with Crippen molar-refractivity contribution in [2.24, 2.45) is 10.9 Å². The summed E-state index contributed by atoms with van der Waals surface area (Å²) < 4.78 is 10.5. The van der Waals surface area contributed by atoms with Crippen LogP contribution in [-0.2, 0) is 9.53 Å². The van der Waals surface area contributed by atoms with Crippen LogP contribution in [0.1, 0.15) is 41.3 Å². The molecule has 7 heteroatoms. The number of aromatic hydroxyl groups is 1. The zero-order valence-corrected chi connectivity index (χ0v) is 17.5. The fourth-order valence-electron chi connectivity index (χ4n) is 4.23. The van der Waals surface area contributed by atoms with Gasteiger partial charge in [-0.15, -0.1) is 0 Å². The smallest absolute Gasteiger partial charge is 0.336 e. The van der Waals surface area contributed by atoms with Gasteiger partial charge in [0.1, 0.15) is 0 Å². The van der Waals surface area contributed by atoms with E-state index in [9.17, 15) is 14.7 Å². The molecule has 0 saturated carbocycles. The first-order chi connectivity index (χ1) is 14.4. The topological polar surface area (TPSA) is 85.2 Å². The van der Waals surface area contributed by atoms with E-state index in [1.54, 1.807) is 38.1 Å². The van der Waals surface area contributed by atoms with E-state index in [1.807, 2.05) is 12.1 Å². The average molecular weight is 426 g/mol. The van der Waals surface area contributed by atoms with E-state index in [0.717, 1.165) is 5.56 Å². The van der Waals surface area contributed by atoms with E-state index in [-0.39, 0.29) is 27.9 Å². The first-order valence-electron chi connectivity index (χ1n) is 9.55. The Kier molecular flexibility index (Phi) is 5.12. The third-order valence-electron chi connectivity index (χ3n) is 5.48. The van der Waals surface area contributed by atoms with Crippen molar-refractivity contribution in [3.8, 4) is 11.5 Å². The Bertz CT molecular complexity index is 1130. The number of halogens is 1. The summed E-state index contributed by atoms with van der Waals surface area (Å²) in [5.74, 6) is -2.06. The summed E-state index contributed by atoms with van der Waals surface area (Å²) in [4.78, 5) is 30.7. The number of phenols is 1. The van der Waals surface area contributed by atoms with Crippen LogP contribution in [0.2, 0.25) is 5.02 Å². The number of fused-ring (bicyclic) bond motifs is 3. The Balaban J connectivity index is 1.97. The van der Waals surface area contributed by atoms with Crippen molar-refractivity contribution in [3.05, 3.63) is 69.4 Å². The van der Waals surface area contributed by atoms with Gasteiger partial charge in [0, 0.05) is 22.7 Å². The number of carbonyl (C=O) groups excluding carboxylic acids is 2. The van der Waals surface area contributed by atoms with Crippen LogP contribution in [0.15, 0.2) is 52.7 Å². The SMILES string of the molecule is CCOc1cc([C@H]2C(C(=O)OC)=C(C)N=C3c4ccccc4C(=O)C32)cc(Cl)c1O. The van der Waals surface area contributed by atoms with Crippen LogP contribution >= 0.6 is 11.6 Å². The molecule has 1 aliphatic carbocycles. The van der Waals surface area contributed by atoms with Gasteiger partial charge in [-0.3, -0.25) is 9.79 Å². The summed E-state index contributed by atoms with van der Waals surface area (Å²) in [5, 5.41) is 10.3. The van der Waals surface area contributed by atoms with Crippen molar-refractivity contribution in [1.82, 2.24) is 0 Å². The second-order valence-corrected chi connectivity index (χ2v) is 7.54. The number of Topliss-reactive ketones (excluding diaryl/α,β-unsaturated/α-hetero) is 1. The molecule has 4 rings (SSSR count). The quantitative estimate of drug-likeness (QED) is 0.738. The lowest BCUT2D eigenvalue weighted by molar-refractivity contribution is -0.136. The first kappa shape index (κ1) is 20.2. The predicted octanol–water partition coefficient (Wildman–Crippen LogP) is 4.29. The molecule has 1 N–H and O–H groups in total. The van der Waals surface area contributed by atoms with E-state index in [2.05, 4.69) is 4.99 Å². The maximum absolute atomic E-state index is 13.4. The van der Waals surface area contributed by atoms with E-state index in [1.165, 1.54) is 7.11 Å². The van der Waals surface area contributed by atoms with Gasteiger partial charge < -0.3 is 14.6 Å². The van der Waals surface area contributed by atoms with Crippen LogP contribution in [-0.4, -0.2) is 36.3 Å². The third-order valence-corrected chi connectivity index (χ3v) is 5.77. The number of hydrogen-bond donors (Lipinski definition) is 1. The molecule has 0 radical (unpaired) electrons. The zero-order valence-electron chi connectivity index (χ0n) is 16.7. The highest BCUT2D eigenvalue weighted by atomic mass is 35.5. The molecule has 1 heterocycles. The molecule has 6 nitrogen and oxygen atoms in total. The molecule has 0 bridgehead atoms. The number of rotatable bonds is 4. The maximum atomic E-state index is 13.4. The second-order valence-electron chi connectivity index (χ2n) is 7.14. The highest BCUT2D eigenvalue weighted by molar-refractivity contribution is 6.32. The Labute approximate surface area is 178 Å². The summed E-state index contributed by atoms with van der Waals surface area (Å²) in [6, 6.07) is 10.4. The Hall–Kier alpha value is -3.12. The number of benzene rings is 2. The molecular formula is C23H20ClNO5. The average Bonchev–Trinajstić information content (AvgIpc) is 3.02. The van der Waals surface area contributed by atoms with Gasteiger partial charge in [-0.05, 0) is 31.5 Å². The molecule has 2 aliphatic rings. The molecule has 1 unspecified atom stereocenters. The van der Waals surface area contributed by atoms with Gasteiger partial charge in [0.05, 0.1) is 35.9 Å². The van der Waals surface area contributed by atoms with Crippen LogP contribution in [0.5, 0.6) is 11.5 Å². The van der Waals surface area contributed by atoms with Crippen molar-refractivity contribution in [2.45, 2.75) is 19.8 Å². The molecule has 0 aromatic heterocycles. The van der Waals surface area contributed by atoms with Crippen LogP contribution in [0, 0.1) is 5.92 Å². The molecule has 2 aromatic carbocycles. The molecule has 0 fully saturated rings. The summed E-state index contributed by atoms with van der Waals surface area (Å²) in [6.07, 6.45) is 0. The highest BCUT2D eigenvalue weighted by Gasteiger charge is 2.48. The highest BCUT2D eigenvalue weighted by Crippen LogP contribution is 2.48. The fraction of sp³-hybridized carbons (Fsp3) is 0.261. The Morgan fingerprint density at radius 1 is 1.20 bits per heavy atom. The van der Waals surface area contributed by atoms with E-state index in [0.29, 0.717) is 29.1 Å². The number of hydrogen-bond acceptors (Lipinski definition) is 6. The van der Waals surface area contributed by atoms with Crippen molar-refractivity contribution in [2.75, 3.05) is 13.7 Å². The number of nitrogens with zero attached hydrogens (tertiary/aromatic N) is 1. The van der Waals surface area contributed by atoms with Crippen LogP contribution < -0.4 is 4.74 Å². The van der Waals surface area contributed by atoms with Gasteiger partial charge in [0.25, 0.3) is 0 Å². The van der Waals surface area contributed by atoms with E-state index < -0.39 is 17.8 Å². The number of ketones is 1. The Morgan fingerprint density at radius 3 is 2.57 bits per heavy atom.